The Balaban J connectivity index is 1.83. The molecule has 0 spiro atoms. The highest BCUT2D eigenvalue weighted by atomic mass is 79.9. The Morgan fingerprint density at radius 3 is 2.68 bits per heavy atom. The molecular weight excluding hydrogens is 384 g/mol. The Morgan fingerprint density at radius 2 is 2.04 bits per heavy atom. The monoisotopic (exact) mass is 402 g/mol. The third-order valence-electron chi connectivity index (χ3n) is 3.79. The molecule has 0 aliphatic heterocycles. The van der Waals surface area contributed by atoms with Crippen LogP contribution in [0, 0.1) is 6.92 Å². The molecule has 1 aromatic carbocycles. The van der Waals surface area contributed by atoms with Crippen LogP contribution in [0.1, 0.15) is 42.6 Å². The van der Waals surface area contributed by atoms with Crippen LogP contribution in [0.25, 0.3) is 5.69 Å². The van der Waals surface area contributed by atoms with Gasteiger partial charge in [-0.2, -0.15) is 5.10 Å². The molecule has 0 saturated carbocycles. The Kier molecular flexibility index (Phi) is 4.47. The van der Waals surface area contributed by atoms with E-state index in [0.717, 1.165) is 15.9 Å². The zero-order chi connectivity index (χ0) is 18.2. The lowest BCUT2D eigenvalue weighted by Gasteiger charge is -2.14. The van der Waals surface area contributed by atoms with E-state index in [1.54, 1.807) is 11.6 Å². The van der Waals surface area contributed by atoms with Crippen LogP contribution in [0.5, 0.6) is 0 Å². The summed E-state index contributed by atoms with van der Waals surface area (Å²) in [7, 11) is 0. The van der Waals surface area contributed by atoms with Crippen LogP contribution in [-0.2, 0) is 5.41 Å². The maximum Gasteiger partial charge on any atom is 0.279 e. The van der Waals surface area contributed by atoms with E-state index in [0.29, 0.717) is 11.5 Å². The zero-order valence-corrected chi connectivity index (χ0v) is 16.0. The topological polar surface area (TPSA) is 88.5 Å². The first kappa shape index (κ1) is 17.3. The van der Waals surface area contributed by atoms with Gasteiger partial charge in [0.1, 0.15) is 0 Å². The van der Waals surface area contributed by atoms with Gasteiger partial charge in [-0.15, -0.1) is 5.10 Å². The van der Waals surface area contributed by atoms with Gasteiger partial charge in [-0.05, 0) is 25.1 Å². The number of aromatic nitrogens is 5. The van der Waals surface area contributed by atoms with Crippen molar-refractivity contribution >= 4 is 27.7 Å². The van der Waals surface area contributed by atoms with Crippen molar-refractivity contribution in [3.8, 4) is 5.69 Å². The molecule has 3 rings (SSSR count). The van der Waals surface area contributed by atoms with Crippen LogP contribution in [0.4, 0.5) is 5.82 Å². The maximum atomic E-state index is 12.5. The third kappa shape index (κ3) is 3.63. The number of anilines is 1. The largest absolute Gasteiger partial charge is 0.304 e. The summed E-state index contributed by atoms with van der Waals surface area (Å²) in [5, 5.41) is 18.0. The lowest BCUT2D eigenvalue weighted by molar-refractivity contribution is 0.102. The fraction of sp³-hybridized carbons (Fsp3) is 0.294. The predicted molar refractivity (Wildman–Crippen MR) is 99.0 cm³/mol. The van der Waals surface area contributed by atoms with E-state index < -0.39 is 0 Å². The summed E-state index contributed by atoms with van der Waals surface area (Å²) < 4.78 is 2.56. The summed E-state index contributed by atoms with van der Waals surface area (Å²) in [5.74, 6) is 0.122. The summed E-state index contributed by atoms with van der Waals surface area (Å²) >= 11 is 3.43. The smallest absolute Gasteiger partial charge is 0.279 e. The van der Waals surface area contributed by atoms with E-state index in [1.807, 2.05) is 30.3 Å². The number of carbonyl (C=O) groups excluding carboxylic acids is 1. The minimum atomic E-state index is -0.342. The molecular formula is C17H19BrN6O. The molecule has 130 valence electrons. The summed E-state index contributed by atoms with van der Waals surface area (Å²) in [5.41, 5.74) is 2.61. The number of carbonyl (C=O) groups is 1. The standard InChI is InChI=1S/C17H19BrN6O/c1-10-15(22-23-24(10)12-7-5-6-11(18)8-12)16(25)19-14-9-13(20-21-14)17(2,3)4/h5-9H,1-4H3,(H2,19,20,21,25). The number of nitrogens with one attached hydrogen (secondary N) is 2. The van der Waals surface area contributed by atoms with Gasteiger partial charge in [0.15, 0.2) is 11.5 Å². The van der Waals surface area contributed by atoms with Gasteiger partial charge >= 0.3 is 0 Å². The number of nitrogens with zero attached hydrogens (tertiary/aromatic N) is 4. The predicted octanol–water partition coefficient (Wildman–Crippen LogP) is 3.61. The van der Waals surface area contributed by atoms with Gasteiger partial charge in [-0.3, -0.25) is 9.89 Å². The van der Waals surface area contributed by atoms with Crippen LogP contribution in [0.15, 0.2) is 34.8 Å². The van der Waals surface area contributed by atoms with Crippen molar-refractivity contribution in [1.29, 1.82) is 0 Å². The summed E-state index contributed by atoms with van der Waals surface area (Å²) in [6.45, 7) is 8.01. The molecule has 0 fully saturated rings. The number of benzene rings is 1. The number of hydrogen-bond donors (Lipinski definition) is 2. The fourth-order valence-corrected chi connectivity index (χ4v) is 2.72. The van der Waals surface area contributed by atoms with Crippen molar-refractivity contribution in [3.05, 3.63) is 51.9 Å². The molecule has 25 heavy (non-hydrogen) atoms. The first-order valence-corrected chi connectivity index (χ1v) is 8.60. The van der Waals surface area contributed by atoms with Gasteiger partial charge in [0.25, 0.3) is 5.91 Å². The lowest BCUT2D eigenvalue weighted by atomic mass is 9.92. The normalized spacial score (nSPS) is 11.6. The molecule has 8 heteroatoms. The van der Waals surface area contributed by atoms with Gasteiger partial charge in [0.2, 0.25) is 0 Å². The Morgan fingerprint density at radius 1 is 1.28 bits per heavy atom. The van der Waals surface area contributed by atoms with Crippen LogP contribution in [-0.4, -0.2) is 31.1 Å². The van der Waals surface area contributed by atoms with Crippen molar-refractivity contribution < 1.29 is 4.79 Å². The molecule has 0 saturated heterocycles. The molecule has 2 N–H and O–H groups in total. The SMILES string of the molecule is Cc1c(C(=O)Nc2cc(C(C)(C)C)[nH]n2)nnn1-c1cccc(Br)c1. The highest BCUT2D eigenvalue weighted by Crippen LogP contribution is 2.22. The number of aromatic amines is 1. The molecule has 2 aromatic heterocycles. The number of halogens is 1. The van der Waals surface area contributed by atoms with Gasteiger partial charge in [-0.1, -0.05) is 48.0 Å². The minimum absolute atomic E-state index is 0.0737. The van der Waals surface area contributed by atoms with Crippen LogP contribution in [0.3, 0.4) is 0 Å². The Bertz CT molecular complexity index is 921. The van der Waals surface area contributed by atoms with Gasteiger partial charge < -0.3 is 5.32 Å². The molecule has 0 aliphatic rings. The lowest BCUT2D eigenvalue weighted by Crippen LogP contribution is -2.14. The molecule has 0 aliphatic carbocycles. The van der Waals surface area contributed by atoms with Crippen molar-refractivity contribution in [1.82, 2.24) is 25.2 Å². The summed E-state index contributed by atoms with van der Waals surface area (Å²) in [6, 6.07) is 9.46. The summed E-state index contributed by atoms with van der Waals surface area (Å²) in [6.07, 6.45) is 0. The summed E-state index contributed by atoms with van der Waals surface area (Å²) in [4.78, 5) is 12.5. The van der Waals surface area contributed by atoms with Gasteiger partial charge in [0, 0.05) is 21.6 Å². The highest BCUT2D eigenvalue weighted by Gasteiger charge is 2.21. The highest BCUT2D eigenvalue weighted by molar-refractivity contribution is 9.10. The van der Waals surface area contributed by atoms with Crippen molar-refractivity contribution in [2.75, 3.05) is 5.32 Å². The molecule has 0 atom stereocenters. The Hall–Kier alpha value is -2.48. The molecule has 1 amide bonds. The molecule has 7 nitrogen and oxygen atoms in total. The average Bonchev–Trinajstić information content (AvgIpc) is 3.13. The zero-order valence-electron chi connectivity index (χ0n) is 14.5. The van der Waals surface area contributed by atoms with E-state index in [-0.39, 0.29) is 17.0 Å². The van der Waals surface area contributed by atoms with Crippen LogP contribution < -0.4 is 5.32 Å². The van der Waals surface area contributed by atoms with Crippen molar-refractivity contribution in [2.24, 2.45) is 0 Å². The van der Waals surface area contributed by atoms with E-state index in [4.69, 9.17) is 0 Å². The maximum absolute atomic E-state index is 12.5. The number of amides is 1. The number of H-pyrrole nitrogens is 1. The molecule has 3 aromatic rings. The average molecular weight is 403 g/mol. The first-order valence-electron chi connectivity index (χ1n) is 7.81. The second-order valence-corrected chi connectivity index (χ2v) is 7.70. The van der Waals surface area contributed by atoms with Gasteiger partial charge in [-0.25, -0.2) is 4.68 Å². The number of rotatable bonds is 3. The minimum Gasteiger partial charge on any atom is -0.304 e. The fourth-order valence-electron chi connectivity index (χ4n) is 2.34. The van der Waals surface area contributed by atoms with E-state index in [1.165, 1.54) is 0 Å². The number of hydrogen-bond acceptors (Lipinski definition) is 4. The Labute approximate surface area is 154 Å². The van der Waals surface area contributed by atoms with E-state index in [9.17, 15) is 4.79 Å². The van der Waals surface area contributed by atoms with Gasteiger partial charge in [0.05, 0.1) is 11.4 Å². The van der Waals surface area contributed by atoms with E-state index >= 15 is 0 Å². The molecule has 2 heterocycles. The second-order valence-electron chi connectivity index (χ2n) is 6.79. The third-order valence-corrected chi connectivity index (χ3v) is 4.28. The molecule has 0 unspecified atom stereocenters. The molecule has 0 bridgehead atoms. The molecule has 0 radical (unpaired) electrons. The quantitative estimate of drug-likeness (QED) is 0.699. The van der Waals surface area contributed by atoms with E-state index in [2.05, 4.69) is 62.5 Å². The van der Waals surface area contributed by atoms with Crippen molar-refractivity contribution in [2.45, 2.75) is 33.1 Å². The van der Waals surface area contributed by atoms with Crippen LogP contribution >= 0.6 is 15.9 Å². The first-order chi connectivity index (χ1) is 11.8. The second kappa shape index (κ2) is 6.44. The van der Waals surface area contributed by atoms with Crippen LogP contribution in [0.2, 0.25) is 0 Å². The van der Waals surface area contributed by atoms with Crippen molar-refractivity contribution in [3.63, 3.8) is 0 Å².